The van der Waals surface area contributed by atoms with Gasteiger partial charge in [-0.25, -0.2) is 8.42 Å². The number of nitro groups is 1. The Morgan fingerprint density at radius 3 is 2.48 bits per heavy atom. The molecule has 0 saturated carbocycles. The smallest absolute Gasteiger partial charge is 0.271 e. The van der Waals surface area contributed by atoms with Gasteiger partial charge in [0.05, 0.1) is 18.3 Å². The average Bonchev–Trinajstić information content (AvgIpc) is 2.71. The molecule has 0 aliphatic rings. The van der Waals surface area contributed by atoms with Gasteiger partial charge in [0.1, 0.15) is 18.0 Å². The largest absolute Gasteiger partial charge is 0.495 e. The van der Waals surface area contributed by atoms with Crippen molar-refractivity contribution in [3.8, 4) is 5.75 Å². The number of non-ortho nitro benzene ring substituents is 1. The highest BCUT2D eigenvalue weighted by Gasteiger charge is 2.26. The van der Waals surface area contributed by atoms with Gasteiger partial charge in [0.2, 0.25) is 15.9 Å². The number of sulfonamides is 1. The van der Waals surface area contributed by atoms with Gasteiger partial charge in [0, 0.05) is 23.6 Å². The molecule has 2 aromatic carbocycles. The molecular formula is C20H25N3O6S2. The maximum atomic E-state index is 12.4. The van der Waals surface area contributed by atoms with Crippen LogP contribution in [-0.4, -0.2) is 51.5 Å². The van der Waals surface area contributed by atoms with Crippen LogP contribution < -0.4 is 14.4 Å². The van der Waals surface area contributed by atoms with Gasteiger partial charge in [0.25, 0.3) is 5.69 Å². The molecule has 0 heterocycles. The van der Waals surface area contributed by atoms with Crippen LogP contribution in [0.5, 0.6) is 5.75 Å². The summed E-state index contributed by atoms with van der Waals surface area (Å²) in [6.45, 7) is 1.88. The minimum atomic E-state index is -3.90. The molecule has 0 saturated heterocycles. The summed E-state index contributed by atoms with van der Waals surface area (Å²) in [7, 11) is -2.58. The second-order valence-corrected chi connectivity index (χ2v) is 9.82. The Kier molecular flexibility index (Phi) is 8.69. The maximum absolute atomic E-state index is 12.4. The molecule has 0 radical (unpaired) electrons. The summed E-state index contributed by atoms with van der Waals surface area (Å²) in [5, 5.41) is 13.8. The number of ether oxygens (including phenoxy) is 1. The van der Waals surface area contributed by atoms with Crippen molar-refractivity contribution < 1.29 is 22.9 Å². The van der Waals surface area contributed by atoms with Crippen LogP contribution in [0.25, 0.3) is 0 Å². The van der Waals surface area contributed by atoms with Crippen LogP contribution in [0.3, 0.4) is 0 Å². The number of hydrogen-bond acceptors (Lipinski definition) is 7. The highest BCUT2D eigenvalue weighted by molar-refractivity contribution is 7.99. The Hall–Kier alpha value is -2.79. The molecule has 9 nitrogen and oxygen atoms in total. The van der Waals surface area contributed by atoms with Crippen molar-refractivity contribution in [3.05, 3.63) is 58.1 Å². The molecule has 11 heteroatoms. The van der Waals surface area contributed by atoms with Crippen molar-refractivity contribution in [2.75, 3.05) is 36.5 Å². The lowest BCUT2D eigenvalue weighted by Crippen LogP contribution is -2.40. The lowest BCUT2D eigenvalue weighted by Gasteiger charge is -2.23. The van der Waals surface area contributed by atoms with Crippen molar-refractivity contribution in [1.82, 2.24) is 5.32 Å². The first-order valence-corrected chi connectivity index (χ1v) is 12.2. The zero-order valence-corrected chi connectivity index (χ0v) is 19.2. The number of methoxy groups -OCH3 is 1. The van der Waals surface area contributed by atoms with Gasteiger partial charge >= 0.3 is 0 Å². The number of carbonyl (C=O) groups excluding carboxylic acids is 1. The third-order valence-corrected chi connectivity index (χ3v) is 6.49. The number of nitrogens with one attached hydrogen (secondary N) is 1. The van der Waals surface area contributed by atoms with Crippen LogP contribution in [0.1, 0.15) is 12.0 Å². The van der Waals surface area contributed by atoms with Crippen LogP contribution in [0, 0.1) is 17.0 Å². The molecular weight excluding hydrogens is 442 g/mol. The maximum Gasteiger partial charge on any atom is 0.271 e. The van der Waals surface area contributed by atoms with Gasteiger partial charge in [-0.2, -0.15) is 0 Å². The normalized spacial score (nSPS) is 11.1. The number of nitrogens with zero attached hydrogens (tertiary/aromatic N) is 2. The molecule has 0 aromatic heterocycles. The number of nitro benzene ring substituents is 1. The molecule has 2 aromatic rings. The fraction of sp³-hybridized carbons (Fsp3) is 0.350. The van der Waals surface area contributed by atoms with Gasteiger partial charge in [-0.3, -0.25) is 19.2 Å². The van der Waals surface area contributed by atoms with E-state index < -0.39 is 27.4 Å². The third-order valence-electron chi connectivity index (χ3n) is 4.26. The van der Waals surface area contributed by atoms with E-state index >= 15 is 0 Å². The molecule has 0 unspecified atom stereocenters. The van der Waals surface area contributed by atoms with Crippen molar-refractivity contribution >= 4 is 39.1 Å². The van der Waals surface area contributed by atoms with Gasteiger partial charge < -0.3 is 10.1 Å². The predicted molar refractivity (Wildman–Crippen MR) is 121 cm³/mol. The number of carbonyl (C=O) groups is 1. The fourth-order valence-electron chi connectivity index (χ4n) is 2.68. The Labute approximate surface area is 186 Å². The number of aryl methyl sites for hydroxylation is 1. The third kappa shape index (κ3) is 7.44. The Bertz CT molecular complexity index is 1030. The van der Waals surface area contributed by atoms with Crippen molar-refractivity contribution in [2.24, 2.45) is 0 Å². The number of rotatable bonds is 11. The molecule has 0 fully saturated rings. The summed E-state index contributed by atoms with van der Waals surface area (Å²) in [6.07, 6.45) is 1.63. The summed E-state index contributed by atoms with van der Waals surface area (Å²) in [5.41, 5.74) is 0.815. The van der Waals surface area contributed by atoms with E-state index in [0.717, 1.165) is 27.3 Å². The van der Waals surface area contributed by atoms with Crippen LogP contribution in [0.15, 0.2) is 47.4 Å². The Morgan fingerprint density at radius 1 is 1.23 bits per heavy atom. The Balaban J connectivity index is 1.98. The van der Waals surface area contributed by atoms with Gasteiger partial charge in [-0.05, 0) is 37.3 Å². The predicted octanol–water partition coefficient (Wildman–Crippen LogP) is 2.98. The summed E-state index contributed by atoms with van der Waals surface area (Å²) in [6, 6.07) is 11.7. The van der Waals surface area contributed by atoms with E-state index in [0.29, 0.717) is 13.0 Å². The van der Waals surface area contributed by atoms with Crippen molar-refractivity contribution in [3.63, 3.8) is 0 Å². The number of thioether (sulfide) groups is 1. The Morgan fingerprint density at radius 2 is 1.90 bits per heavy atom. The lowest BCUT2D eigenvalue weighted by atomic mass is 10.2. The molecule has 2 rings (SSSR count). The van der Waals surface area contributed by atoms with E-state index in [1.807, 2.05) is 31.2 Å². The molecule has 1 amide bonds. The van der Waals surface area contributed by atoms with Gasteiger partial charge in [-0.15, -0.1) is 11.8 Å². The number of anilines is 1. The van der Waals surface area contributed by atoms with Crippen LogP contribution in [0.4, 0.5) is 11.4 Å². The number of amides is 1. The quantitative estimate of drug-likeness (QED) is 0.233. The highest BCUT2D eigenvalue weighted by Crippen LogP contribution is 2.33. The topological polar surface area (TPSA) is 119 Å². The molecule has 31 heavy (non-hydrogen) atoms. The van der Waals surface area contributed by atoms with E-state index in [-0.39, 0.29) is 17.1 Å². The first kappa shape index (κ1) is 24.5. The molecule has 0 bridgehead atoms. The van der Waals surface area contributed by atoms with Crippen LogP contribution >= 0.6 is 11.8 Å². The fourth-order valence-corrected chi connectivity index (χ4v) is 4.38. The first-order chi connectivity index (χ1) is 14.6. The molecule has 1 N–H and O–H groups in total. The summed E-state index contributed by atoms with van der Waals surface area (Å²) in [4.78, 5) is 23.9. The second-order valence-electron chi connectivity index (χ2n) is 6.75. The zero-order chi connectivity index (χ0) is 23.0. The second kappa shape index (κ2) is 11.0. The zero-order valence-electron chi connectivity index (χ0n) is 17.5. The monoisotopic (exact) mass is 467 g/mol. The van der Waals surface area contributed by atoms with E-state index in [4.69, 9.17) is 4.74 Å². The number of hydrogen-bond donors (Lipinski definition) is 1. The van der Waals surface area contributed by atoms with Gasteiger partial charge in [-0.1, -0.05) is 17.7 Å². The minimum Gasteiger partial charge on any atom is -0.495 e. The molecule has 0 aliphatic heterocycles. The number of benzene rings is 2. The van der Waals surface area contributed by atoms with E-state index in [9.17, 15) is 23.3 Å². The summed E-state index contributed by atoms with van der Waals surface area (Å²) >= 11 is 1.67. The highest BCUT2D eigenvalue weighted by atomic mass is 32.2. The standard InChI is InChI=1S/C20H25N3O6S2/c1-15-5-8-17(9-6-15)30-12-4-11-21-20(24)14-22(31(3,27)28)18-13-16(23(25)26)7-10-19(18)29-2/h5-10,13H,4,11-12,14H2,1-3H3,(H,21,24). The molecule has 0 spiro atoms. The van der Waals surface area contributed by atoms with E-state index in [1.165, 1.54) is 24.8 Å². The van der Waals surface area contributed by atoms with Crippen LogP contribution in [0.2, 0.25) is 0 Å². The van der Waals surface area contributed by atoms with Gasteiger partial charge in [0.15, 0.2) is 0 Å². The molecule has 168 valence electrons. The summed E-state index contributed by atoms with van der Waals surface area (Å²) < 4.78 is 30.5. The minimum absolute atomic E-state index is 0.0655. The first-order valence-electron chi connectivity index (χ1n) is 9.38. The average molecular weight is 468 g/mol. The van der Waals surface area contributed by atoms with Crippen LogP contribution in [-0.2, 0) is 14.8 Å². The van der Waals surface area contributed by atoms with E-state index in [2.05, 4.69) is 5.32 Å². The lowest BCUT2D eigenvalue weighted by molar-refractivity contribution is -0.384. The van der Waals surface area contributed by atoms with E-state index in [1.54, 1.807) is 11.8 Å². The SMILES string of the molecule is COc1ccc([N+](=O)[O-])cc1N(CC(=O)NCCCSc1ccc(C)cc1)S(C)(=O)=O. The molecule has 0 aliphatic carbocycles. The van der Waals surface area contributed by atoms with Crippen molar-refractivity contribution in [1.29, 1.82) is 0 Å². The summed E-state index contributed by atoms with van der Waals surface area (Å²) in [5.74, 6) is 0.385. The molecule has 0 atom stereocenters. The van der Waals surface area contributed by atoms with Crippen molar-refractivity contribution in [2.45, 2.75) is 18.2 Å².